The van der Waals surface area contributed by atoms with Crippen LogP contribution in [0.15, 0.2) is 59.5 Å². The normalized spacial score (nSPS) is 12.0. The van der Waals surface area contributed by atoms with Crippen LogP contribution in [0.25, 0.3) is 0 Å². The van der Waals surface area contributed by atoms with Crippen molar-refractivity contribution < 1.29 is 13.2 Å². The second-order valence-electron chi connectivity index (χ2n) is 8.86. The number of sulfonamides is 1. The number of benzene rings is 2. The van der Waals surface area contributed by atoms with E-state index in [2.05, 4.69) is 27.3 Å². The van der Waals surface area contributed by atoms with E-state index in [1.807, 2.05) is 36.7 Å². The third-order valence-electron chi connectivity index (χ3n) is 5.00. The third-order valence-corrected chi connectivity index (χ3v) is 6.77. The second-order valence-corrected chi connectivity index (χ2v) is 10.5. The zero-order valence-corrected chi connectivity index (χ0v) is 20.0. The molecule has 2 N–H and O–H groups in total. The fraction of sp³-hybridized carbons (Fsp3) is 0.333. The molecule has 1 aromatic heterocycles. The van der Waals surface area contributed by atoms with Crippen LogP contribution in [0.3, 0.4) is 0 Å². The second kappa shape index (κ2) is 9.26. The molecule has 0 saturated carbocycles. The molecule has 0 bridgehead atoms. The Balaban J connectivity index is 1.67. The first-order valence-electron chi connectivity index (χ1n) is 10.5. The Morgan fingerprint density at radius 3 is 2.22 bits per heavy atom. The van der Waals surface area contributed by atoms with Gasteiger partial charge in [-0.2, -0.15) is 5.10 Å². The van der Waals surface area contributed by atoms with Gasteiger partial charge in [-0.05, 0) is 64.4 Å². The number of aryl methyl sites for hydroxylation is 1. The van der Waals surface area contributed by atoms with E-state index in [0.29, 0.717) is 18.7 Å². The van der Waals surface area contributed by atoms with Crippen molar-refractivity contribution in [3.05, 3.63) is 82.7 Å². The number of carbonyl (C=O) groups excluding carboxylic acids is 1. The topological polar surface area (TPSA) is 93.1 Å². The maximum absolute atomic E-state index is 12.6. The van der Waals surface area contributed by atoms with Gasteiger partial charge >= 0.3 is 0 Å². The summed E-state index contributed by atoms with van der Waals surface area (Å²) in [6, 6.07) is 16.0. The molecule has 0 radical (unpaired) electrons. The van der Waals surface area contributed by atoms with E-state index in [1.54, 1.807) is 20.8 Å². The van der Waals surface area contributed by atoms with Crippen LogP contribution in [0, 0.1) is 13.8 Å². The molecule has 0 saturated heterocycles. The van der Waals surface area contributed by atoms with Crippen molar-refractivity contribution in [1.82, 2.24) is 19.8 Å². The van der Waals surface area contributed by atoms with Crippen LogP contribution in [0.5, 0.6) is 0 Å². The fourth-order valence-electron chi connectivity index (χ4n) is 3.42. The first-order valence-corrected chi connectivity index (χ1v) is 11.9. The Labute approximate surface area is 189 Å². The number of nitrogens with one attached hydrogen (secondary N) is 2. The van der Waals surface area contributed by atoms with Gasteiger partial charge in [-0.1, -0.05) is 30.3 Å². The number of amides is 1. The lowest BCUT2D eigenvalue weighted by Gasteiger charge is -2.20. The highest BCUT2D eigenvalue weighted by molar-refractivity contribution is 7.89. The van der Waals surface area contributed by atoms with Crippen LogP contribution < -0.4 is 10.0 Å². The molecule has 0 atom stereocenters. The molecular weight excluding hydrogens is 424 g/mol. The van der Waals surface area contributed by atoms with Gasteiger partial charge in [-0.15, -0.1) is 0 Å². The zero-order chi connectivity index (χ0) is 23.5. The quantitative estimate of drug-likeness (QED) is 0.571. The molecule has 1 amide bonds. The van der Waals surface area contributed by atoms with Crippen LogP contribution in [-0.2, 0) is 23.1 Å². The highest BCUT2D eigenvalue weighted by atomic mass is 32.2. The van der Waals surface area contributed by atoms with Gasteiger partial charge in [-0.25, -0.2) is 13.1 Å². The number of hydrogen-bond donors (Lipinski definition) is 2. The third kappa shape index (κ3) is 5.83. The van der Waals surface area contributed by atoms with E-state index in [9.17, 15) is 13.2 Å². The molecule has 7 nitrogen and oxygen atoms in total. The van der Waals surface area contributed by atoms with Gasteiger partial charge < -0.3 is 5.32 Å². The molecule has 0 unspecified atom stereocenters. The Kier molecular flexibility index (Phi) is 6.85. The molecule has 0 aliphatic carbocycles. The van der Waals surface area contributed by atoms with Crippen molar-refractivity contribution in [1.29, 1.82) is 0 Å². The standard InChI is InChI=1S/C24H30N4O3S/c1-17-22(18(2)28(26-17)16-19-9-7-6-8-10-19)15-25-23(29)20-11-13-21(14-12-20)32(30,31)27-24(3,4)5/h6-14,27H,15-16H2,1-5H3,(H,25,29). The SMILES string of the molecule is Cc1nn(Cc2ccccc2)c(C)c1CNC(=O)c1ccc(S(=O)(=O)NC(C)(C)C)cc1. The van der Waals surface area contributed by atoms with Crippen LogP contribution in [0.4, 0.5) is 0 Å². The smallest absolute Gasteiger partial charge is 0.251 e. The van der Waals surface area contributed by atoms with E-state index in [-0.39, 0.29) is 10.8 Å². The molecule has 0 spiro atoms. The van der Waals surface area contributed by atoms with Crippen LogP contribution in [-0.4, -0.2) is 29.6 Å². The monoisotopic (exact) mass is 454 g/mol. The van der Waals surface area contributed by atoms with Crippen LogP contribution in [0.2, 0.25) is 0 Å². The Hall–Kier alpha value is -2.97. The Morgan fingerprint density at radius 1 is 1.00 bits per heavy atom. The van der Waals surface area contributed by atoms with Crippen LogP contribution >= 0.6 is 0 Å². The molecule has 3 aromatic rings. The van der Waals surface area contributed by atoms with Gasteiger partial charge in [-0.3, -0.25) is 9.48 Å². The molecule has 32 heavy (non-hydrogen) atoms. The minimum absolute atomic E-state index is 0.123. The van der Waals surface area contributed by atoms with E-state index >= 15 is 0 Å². The van der Waals surface area contributed by atoms with Crippen LogP contribution in [0.1, 0.15) is 53.6 Å². The van der Waals surface area contributed by atoms with Crippen molar-refractivity contribution in [2.24, 2.45) is 0 Å². The summed E-state index contributed by atoms with van der Waals surface area (Å²) in [5.74, 6) is -0.271. The van der Waals surface area contributed by atoms with Gasteiger partial charge in [0.15, 0.2) is 0 Å². The van der Waals surface area contributed by atoms with Crippen molar-refractivity contribution in [3.8, 4) is 0 Å². The molecule has 0 aliphatic rings. The molecule has 2 aromatic carbocycles. The Bertz CT molecular complexity index is 1190. The van der Waals surface area contributed by atoms with Gasteiger partial charge in [0.05, 0.1) is 17.1 Å². The summed E-state index contributed by atoms with van der Waals surface area (Å²) in [6.45, 7) is 10.3. The average molecular weight is 455 g/mol. The number of nitrogens with zero attached hydrogens (tertiary/aromatic N) is 2. The van der Waals surface area contributed by atoms with E-state index < -0.39 is 15.6 Å². The van der Waals surface area contributed by atoms with Gasteiger partial charge in [0.1, 0.15) is 0 Å². The molecule has 0 aliphatic heterocycles. The van der Waals surface area contributed by atoms with E-state index in [1.165, 1.54) is 24.3 Å². The Morgan fingerprint density at radius 2 is 1.62 bits per heavy atom. The van der Waals surface area contributed by atoms with Crippen molar-refractivity contribution in [2.45, 2.75) is 58.1 Å². The summed E-state index contributed by atoms with van der Waals surface area (Å²) >= 11 is 0. The predicted octanol–water partition coefficient (Wildman–Crippen LogP) is 3.56. The summed E-state index contributed by atoms with van der Waals surface area (Å²) < 4.78 is 29.4. The summed E-state index contributed by atoms with van der Waals surface area (Å²) in [6.07, 6.45) is 0. The van der Waals surface area contributed by atoms with E-state index in [4.69, 9.17) is 0 Å². The van der Waals surface area contributed by atoms with Gasteiger partial charge in [0, 0.05) is 28.9 Å². The first-order chi connectivity index (χ1) is 15.0. The maximum Gasteiger partial charge on any atom is 0.251 e. The summed E-state index contributed by atoms with van der Waals surface area (Å²) in [5, 5.41) is 7.53. The molecule has 1 heterocycles. The summed E-state index contributed by atoms with van der Waals surface area (Å²) in [4.78, 5) is 12.7. The maximum atomic E-state index is 12.6. The molecule has 170 valence electrons. The lowest BCUT2D eigenvalue weighted by molar-refractivity contribution is 0.0950. The molecule has 8 heteroatoms. The summed E-state index contributed by atoms with van der Waals surface area (Å²) in [5.41, 5.74) is 3.81. The minimum Gasteiger partial charge on any atom is -0.348 e. The largest absolute Gasteiger partial charge is 0.348 e. The summed E-state index contributed by atoms with van der Waals surface area (Å²) in [7, 11) is -3.64. The number of hydrogen-bond acceptors (Lipinski definition) is 4. The van der Waals surface area contributed by atoms with E-state index in [0.717, 1.165) is 22.5 Å². The predicted molar refractivity (Wildman–Crippen MR) is 125 cm³/mol. The highest BCUT2D eigenvalue weighted by Gasteiger charge is 2.22. The molecule has 3 rings (SSSR count). The number of aromatic nitrogens is 2. The molecular formula is C24H30N4O3S. The van der Waals surface area contributed by atoms with Crippen molar-refractivity contribution in [3.63, 3.8) is 0 Å². The van der Waals surface area contributed by atoms with Crippen molar-refractivity contribution >= 4 is 15.9 Å². The van der Waals surface area contributed by atoms with Crippen molar-refractivity contribution in [2.75, 3.05) is 0 Å². The molecule has 0 fully saturated rings. The first kappa shape index (κ1) is 23.7. The van der Waals surface area contributed by atoms with Gasteiger partial charge in [0.2, 0.25) is 10.0 Å². The average Bonchev–Trinajstić information content (AvgIpc) is 2.98. The number of carbonyl (C=O) groups is 1. The fourth-order valence-corrected chi connectivity index (χ4v) is 4.84. The zero-order valence-electron chi connectivity index (χ0n) is 19.1. The number of rotatable bonds is 7. The minimum atomic E-state index is -3.64. The highest BCUT2D eigenvalue weighted by Crippen LogP contribution is 2.16. The lowest BCUT2D eigenvalue weighted by Crippen LogP contribution is -2.40. The lowest BCUT2D eigenvalue weighted by atomic mass is 10.1. The van der Waals surface area contributed by atoms with Gasteiger partial charge in [0.25, 0.3) is 5.91 Å².